The van der Waals surface area contributed by atoms with Gasteiger partial charge in [-0.2, -0.15) is 0 Å². The van der Waals surface area contributed by atoms with E-state index in [9.17, 15) is 0 Å². The molecule has 3 N–H and O–H groups in total. The topological polar surface area (TPSA) is 72.5 Å². The van der Waals surface area contributed by atoms with E-state index >= 15 is 0 Å². The molecule has 0 saturated heterocycles. The van der Waals surface area contributed by atoms with Crippen LogP contribution < -0.4 is 15.8 Å². The van der Waals surface area contributed by atoms with Gasteiger partial charge in [-0.1, -0.05) is 12.1 Å². The maximum atomic E-state index is 5.97. The molecule has 3 rings (SSSR count). The molecule has 1 aliphatic rings. The molecule has 122 valence electrons. The number of halogens is 1. The number of fused-ring (bicyclic) bond motifs is 1. The number of benzene rings is 1. The molecule has 6 heteroatoms. The van der Waals surface area contributed by atoms with Crippen molar-refractivity contribution in [3.05, 3.63) is 53.2 Å². The van der Waals surface area contributed by atoms with E-state index in [1.54, 1.807) is 13.3 Å². The average molecular weight is 424 g/mol. The molecule has 1 aromatic heterocycles. The first-order valence-corrected chi connectivity index (χ1v) is 7.43. The lowest BCUT2D eigenvalue weighted by atomic mass is 10.1. The lowest BCUT2D eigenvalue weighted by Crippen LogP contribution is -2.22. The third-order valence-electron chi connectivity index (χ3n) is 3.83. The molecule has 1 aromatic carbocycles. The fourth-order valence-corrected chi connectivity index (χ4v) is 2.74. The summed E-state index contributed by atoms with van der Waals surface area (Å²) in [6, 6.07) is 10.2. The Morgan fingerprint density at radius 3 is 2.96 bits per heavy atom. The Bertz CT molecular complexity index is 703. The van der Waals surface area contributed by atoms with Gasteiger partial charge in [0.2, 0.25) is 5.88 Å². The molecule has 0 unspecified atom stereocenters. The molecule has 1 heterocycles. The van der Waals surface area contributed by atoms with Gasteiger partial charge in [-0.05, 0) is 48.6 Å². The number of guanidine groups is 1. The van der Waals surface area contributed by atoms with Crippen molar-refractivity contribution >= 4 is 35.6 Å². The van der Waals surface area contributed by atoms with Crippen molar-refractivity contribution in [2.45, 2.75) is 25.8 Å². The van der Waals surface area contributed by atoms with Crippen LogP contribution in [0.25, 0.3) is 0 Å². The van der Waals surface area contributed by atoms with Crippen molar-refractivity contribution in [1.82, 2.24) is 4.98 Å². The molecule has 5 nitrogen and oxygen atoms in total. The number of anilines is 1. The van der Waals surface area contributed by atoms with Crippen LogP contribution in [0.2, 0.25) is 0 Å². The summed E-state index contributed by atoms with van der Waals surface area (Å²) >= 11 is 0. The molecule has 0 aliphatic heterocycles. The summed E-state index contributed by atoms with van der Waals surface area (Å²) in [5.41, 5.74) is 10.7. The van der Waals surface area contributed by atoms with Crippen molar-refractivity contribution in [3.8, 4) is 5.88 Å². The van der Waals surface area contributed by atoms with Crippen molar-refractivity contribution in [2.75, 3.05) is 12.4 Å². The number of nitrogens with two attached hydrogens (primary N) is 1. The molecule has 0 spiro atoms. The summed E-state index contributed by atoms with van der Waals surface area (Å²) in [5.74, 6) is 0.973. The SMILES string of the molecule is COc1ncccc1CN=C(N)Nc1ccc2c(c1)CCC2.I. The van der Waals surface area contributed by atoms with Gasteiger partial charge in [-0.3, -0.25) is 0 Å². The fraction of sp³-hybridized carbons (Fsp3) is 0.294. The zero-order valence-corrected chi connectivity index (χ0v) is 15.4. The minimum absolute atomic E-state index is 0. The van der Waals surface area contributed by atoms with Crippen LogP contribution in [0, 0.1) is 0 Å². The van der Waals surface area contributed by atoms with E-state index in [4.69, 9.17) is 10.5 Å². The predicted molar refractivity (Wildman–Crippen MR) is 104 cm³/mol. The van der Waals surface area contributed by atoms with Crippen LogP contribution in [0.5, 0.6) is 5.88 Å². The average Bonchev–Trinajstić information content (AvgIpc) is 3.01. The van der Waals surface area contributed by atoms with E-state index < -0.39 is 0 Å². The number of hydrogen-bond acceptors (Lipinski definition) is 3. The summed E-state index contributed by atoms with van der Waals surface area (Å²) in [5, 5.41) is 3.15. The summed E-state index contributed by atoms with van der Waals surface area (Å²) in [6.45, 7) is 0.431. The van der Waals surface area contributed by atoms with Gasteiger partial charge in [0.25, 0.3) is 0 Å². The first-order chi connectivity index (χ1) is 10.8. The number of ether oxygens (including phenoxy) is 1. The zero-order valence-electron chi connectivity index (χ0n) is 13.1. The summed E-state index contributed by atoms with van der Waals surface area (Å²) < 4.78 is 5.20. The van der Waals surface area contributed by atoms with E-state index in [-0.39, 0.29) is 24.0 Å². The van der Waals surface area contributed by atoms with E-state index in [1.807, 2.05) is 12.1 Å². The smallest absolute Gasteiger partial charge is 0.218 e. The number of nitrogens with zero attached hydrogens (tertiary/aromatic N) is 2. The Morgan fingerprint density at radius 2 is 2.13 bits per heavy atom. The molecule has 0 saturated carbocycles. The summed E-state index contributed by atoms with van der Waals surface area (Å²) in [7, 11) is 1.60. The van der Waals surface area contributed by atoms with Gasteiger partial charge < -0.3 is 15.8 Å². The van der Waals surface area contributed by atoms with Gasteiger partial charge in [-0.15, -0.1) is 24.0 Å². The number of nitrogens with one attached hydrogen (secondary N) is 1. The number of pyridine rings is 1. The van der Waals surface area contributed by atoms with Gasteiger partial charge in [0, 0.05) is 17.4 Å². The van der Waals surface area contributed by atoms with Crippen LogP contribution in [-0.4, -0.2) is 18.1 Å². The third-order valence-corrected chi connectivity index (χ3v) is 3.83. The highest BCUT2D eigenvalue weighted by Crippen LogP contribution is 2.24. The largest absolute Gasteiger partial charge is 0.481 e. The van der Waals surface area contributed by atoms with Crippen molar-refractivity contribution in [1.29, 1.82) is 0 Å². The number of rotatable bonds is 4. The zero-order chi connectivity index (χ0) is 15.4. The maximum absolute atomic E-state index is 5.97. The molecule has 0 fully saturated rings. The highest BCUT2D eigenvalue weighted by molar-refractivity contribution is 14.0. The van der Waals surface area contributed by atoms with Crippen LogP contribution in [0.15, 0.2) is 41.5 Å². The molecule has 1 aliphatic carbocycles. The molecule has 0 radical (unpaired) electrons. The quantitative estimate of drug-likeness (QED) is 0.450. The fourth-order valence-electron chi connectivity index (χ4n) is 2.74. The normalized spacial score (nSPS) is 13.2. The molecule has 2 aromatic rings. The van der Waals surface area contributed by atoms with Crippen LogP contribution in [0.3, 0.4) is 0 Å². The van der Waals surface area contributed by atoms with Crippen LogP contribution in [-0.2, 0) is 19.4 Å². The van der Waals surface area contributed by atoms with E-state index in [0.717, 1.165) is 17.7 Å². The number of aliphatic imine (C=N–C) groups is 1. The van der Waals surface area contributed by atoms with Gasteiger partial charge in [0.05, 0.1) is 13.7 Å². The van der Waals surface area contributed by atoms with Crippen LogP contribution in [0.1, 0.15) is 23.1 Å². The first-order valence-electron chi connectivity index (χ1n) is 7.43. The first kappa shape index (κ1) is 17.5. The molecule has 0 amide bonds. The van der Waals surface area contributed by atoms with E-state index in [1.165, 1.54) is 24.0 Å². The molecular weight excluding hydrogens is 403 g/mol. The Morgan fingerprint density at radius 1 is 1.30 bits per heavy atom. The molecular formula is C17H21IN4O. The number of hydrogen-bond donors (Lipinski definition) is 2. The Hall–Kier alpha value is -1.83. The third kappa shape index (κ3) is 4.34. The Kier molecular flexibility index (Phi) is 6.20. The Labute approximate surface area is 153 Å². The van der Waals surface area contributed by atoms with Crippen molar-refractivity contribution in [3.63, 3.8) is 0 Å². The van der Waals surface area contributed by atoms with Crippen molar-refractivity contribution in [2.24, 2.45) is 10.7 Å². The Balaban J connectivity index is 0.00000192. The molecule has 0 atom stereocenters. The second kappa shape index (κ2) is 8.14. The van der Waals surface area contributed by atoms with Crippen molar-refractivity contribution < 1.29 is 4.74 Å². The lowest BCUT2D eigenvalue weighted by Gasteiger charge is -2.08. The van der Waals surface area contributed by atoms with E-state index in [2.05, 4.69) is 33.5 Å². The highest BCUT2D eigenvalue weighted by atomic mass is 127. The summed E-state index contributed by atoms with van der Waals surface area (Å²) in [4.78, 5) is 8.50. The minimum Gasteiger partial charge on any atom is -0.481 e. The number of aryl methyl sites for hydroxylation is 2. The number of aromatic nitrogens is 1. The van der Waals surface area contributed by atoms with Crippen LogP contribution in [0.4, 0.5) is 5.69 Å². The highest BCUT2D eigenvalue weighted by Gasteiger charge is 2.11. The molecule has 0 bridgehead atoms. The summed E-state index contributed by atoms with van der Waals surface area (Å²) in [6.07, 6.45) is 5.26. The number of methoxy groups -OCH3 is 1. The van der Waals surface area contributed by atoms with E-state index in [0.29, 0.717) is 18.4 Å². The maximum Gasteiger partial charge on any atom is 0.218 e. The van der Waals surface area contributed by atoms with Gasteiger partial charge in [0.15, 0.2) is 5.96 Å². The second-order valence-electron chi connectivity index (χ2n) is 5.34. The van der Waals surface area contributed by atoms with Gasteiger partial charge in [-0.25, -0.2) is 9.98 Å². The monoisotopic (exact) mass is 424 g/mol. The standard InChI is InChI=1S/C17H20N4O.HI/c1-22-16-14(6-3-9-19-16)11-20-17(18)21-15-8-7-12-4-2-5-13(12)10-15;/h3,6-10H,2,4-5,11H2,1H3,(H3,18,20,21);1H. The predicted octanol–water partition coefficient (Wildman–Crippen LogP) is 3.12. The molecule has 23 heavy (non-hydrogen) atoms. The van der Waals surface area contributed by atoms with Gasteiger partial charge in [0.1, 0.15) is 0 Å². The second-order valence-corrected chi connectivity index (χ2v) is 5.34. The van der Waals surface area contributed by atoms with Crippen LogP contribution >= 0.6 is 24.0 Å². The lowest BCUT2D eigenvalue weighted by molar-refractivity contribution is 0.392. The minimum atomic E-state index is 0. The van der Waals surface area contributed by atoms with Gasteiger partial charge >= 0.3 is 0 Å².